The van der Waals surface area contributed by atoms with E-state index in [1.165, 1.54) is 12.1 Å². The fourth-order valence-electron chi connectivity index (χ4n) is 1.57. The molecule has 0 saturated carbocycles. The topological polar surface area (TPSA) is 29.1 Å². The van der Waals surface area contributed by atoms with Crippen molar-refractivity contribution in [1.82, 2.24) is 5.32 Å². The Kier molecular flexibility index (Phi) is 2.00. The SMILES string of the molecule is O=C1Cc2ccc(F)cc2CCN1. The first-order chi connectivity index (χ1) is 6.25. The molecule has 0 aliphatic carbocycles. The van der Waals surface area contributed by atoms with E-state index in [0.29, 0.717) is 13.0 Å². The first kappa shape index (κ1) is 8.23. The van der Waals surface area contributed by atoms with Gasteiger partial charge < -0.3 is 5.32 Å². The van der Waals surface area contributed by atoms with E-state index in [1.807, 2.05) is 0 Å². The second kappa shape index (κ2) is 3.17. The second-order valence-corrected chi connectivity index (χ2v) is 3.19. The van der Waals surface area contributed by atoms with Gasteiger partial charge in [0, 0.05) is 6.54 Å². The van der Waals surface area contributed by atoms with Crippen LogP contribution in [-0.2, 0) is 17.6 Å². The molecule has 0 aromatic heterocycles. The molecular weight excluding hydrogens is 169 g/mol. The molecular formula is C10H10FNO. The van der Waals surface area contributed by atoms with Crippen molar-refractivity contribution in [1.29, 1.82) is 0 Å². The van der Waals surface area contributed by atoms with Crippen molar-refractivity contribution in [3.8, 4) is 0 Å². The number of carbonyl (C=O) groups excluding carboxylic acids is 1. The minimum absolute atomic E-state index is 0.0189. The lowest BCUT2D eigenvalue weighted by atomic mass is 10.0. The molecule has 0 bridgehead atoms. The molecule has 1 amide bonds. The van der Waals surface area contributed by atoms with E-state index >= 15 is 0 Å². The number of rotatable bonds is 0. The van der Waals surface area contributed by atoms with E-state index < -0.39 is 0 Å². The van der Waals surface area contributed by atoms with Crippen LogP contribution in [0.1, 0.15) is 11.1 Å². The monoisotopic (exact) mass is 179 g/mol. The Morgan fingerprint density at radius 3 is 3.00 bits per heavy atom. The van der Waals surface area contributed by atoms with Gasteiger partial charge in [-0.25, -0.2) is 4.39 Å². The summed E-state index contributed by atoms with van der Waals surface area (Å²) < 4.78 is 12.8. The Morgan fingerprint density at radius 2 is 2.15 bits per heavy atom. The second-order valence-electron chi connectivity index (χ2n) is 3.19. The number of hydrogen-bond donors (Lipinski definition) is 1. The van der Waals surface area contributed by atoms with Gasteiger partial charge in [-0.3, -0.25) is 4.79 Å². The van der Waals surface area contributed by atoms with Gasteiger partial charge in [-0.05, 0) is 29.7 Å². The molecule has 1 aromatic rings. The fourth-order valence-corrected chi connectivity index (χ4v) is 1.57. The van der Waals surface area contributed by atoms with E-state index in [2.05, 4.69) is 5.32 Å². The Hall–Kier alpha value is -1.38. The number of benzene rings is 1. The maximum Gasteiger partial charge on any atom is 0.224 e. The summed E-state index contributed by atoms with van der Waals surface area (Å²) in [4.78, 5) is 11.1. The molecule has 1 aliphatic heterocycles. The van der Waals surface area contributed by atoms with Crippen molar-refractivity contribution >= 4 is 5.91 Å². The van der Waals surface area contributed by atoms with Gasteiger partial charge in [0.1, 0.15) is 5.82 Å². The number of nitrogens with one attached hydrogen (secondary N) is 1. The number of hydrogen-bond acceptors (Lipinski definition) is 1. The first-order valence-electron chi connectivity index (χ1n) is 4.30. The van der Waals surface area contributed by atoms with Gasteiger partial charge in [-0.15, -0.1) is 0 Å². The van der Waals surface area contributed by atoms with E-state index in [9.17, 15) is 9.18 Å². The smallest absolute Gasteiger partial charge is 0.224 e. The molecule has 1 N–H and O–H groups in total. The zero-order valence-corrected chi connectivity index (χ0v) is 7.14. The Balaban J connectivity index is 2.40. The van der Waals surface area contributed by atoms with Gasteiger partial charge in [0.05, 0.1) is 6.42 Å². The van der Waals surface area contributed by atoms with Crippen LogP contribution >= 0.6 is 0 Å². The molecule has 2 rings (SSSR count). The molecule has 0 fully saturated rings. The van der Waals surface area contributed by atoms with Crippen molar-refractivity contribution in [3.63, 3.8) is 0 Å². The average molecular weight is 179 g/mol. The Bertz CT molecular complexity index is 349. The van der Waals surface area contributed by atoms with Crippen LogP contribution in [0.4, 0.5) is 4.39 Å². The molecule has 1 aliphatic rings. The summed E-state index contributed by atoms with van der Waals surface area (Å²) in [6, 6.07) is 4.60. The average Bonchev–Trinajstić information content (AvgIpc) is 2.25. The minimum Gasteiger partial charge on any atom is -0.355 e. The lowest BCUT2D eigenvalue weighted by Gasteiger charge is -2.02. The van der Waals surface area contributed by atoms with E-state index in [4.69, 9.17) is 0 Å². The third kappa shape index (κ3) is 1.69. The van der Waals surface area contributed by atoms with Crippen LogP contribution in [0, 0.1) is 5.82 Å². The van der Waals surface area contributed by atoms with Crippen LogP contribution < -0.4 is 5.32 Å². The predicted octanol–water partition coefficient (Wildman–Crippen LogP) is 1.04. The van der Waals surface area contributed by atoms with Crippen LogP contribution in [0.3, 0.4) is 0 Å². The molecule has 0 radical (unpaired) electrons. The fraction of sp³-hybridized carbons (Fsp3) is 0.300. The molecule has 1 aromatic carbocycles. The summed E-state index contributed by atoms with van der Waals surface area (Å²) in [7, 11) is 0. The molecule has 0 spiro atoms. The lowest BCUT2D eigenvalue weighted by Crippen LogP contribution is -2.24. The van der Waals surface area contributed by atoms with Crippen LogP contribution in [0.15, 0.2) is 18.2 Å². The molecule has 68 valence electrons. The number of carbonyl (C=O) groups is 1. The number of fused-ring (bicyclic) bond motifs is 1. The van der Waals surface area contributed by atoms with Crippen molar-refractivity contribution in [2.75, 3.05) is 6.54 Å². The highest BCUT2D eigenvalue weighted by molar-refractivity contribution is 5.79. The normalized spacial score (nSPS) is 15.9. The van der Waals surface area contributed by atoms with Crippen molar-refractivity contribution in [2.45, 2.75) is 12.8 Å². The highest BCUT2D eigenvalue weighted by Gasteiger charge is 2.12. The molecule has 1 heterocycles. The van der Waals surface area contributed by atoms with E-state index in [0.717, 1.165) is 17.5 Å². The Labute approximate surface area is 75.8 Å². The molecule has 0 saturated heterocycles. The molecule has 0 unspecified atom stereocenters. The van der Waals surface area contributed by atoms with Gasteiger partial charge in [-0.2, -0.15) is 0 Å². The quantitative estimate of drug-likeness (QED) is 0.633. The van der Waals surface area contributed by atoms with Gasteiger partial charge in [-0.1, -0.05) is 6.07 Å². The third-order valence-corrected chi connectivity index (χ3v) is 2.24. The Morgan fingerprint density at radius 1 is 1.31 bits per heavy atom. The van der Waals surface area contributed by atoms with E-state index in [-0.39, 0.29) is 11.7 Å². The van der Waals surface area contributed by atoms with Crippen LogP contribution in [0.25, 0.3) is 0 Å². The lowest BCUT2D eigenvalue weighted by molar-refractivity contribution is -0.120. The zero-order valence-electron chi connectivity index (χ0n) is 7.14. The molecule has 0 atom stereocenters. The summed E-state index contributed by atoms with van der Waals surface area (Å²) >= 11 is 0. The number of halogens is 1. The van der Waals surface area contributed by atoms with Crippen molar-refractivity contribution in [3.05, 3.63) is 35.1 Å². The highest BCUT2D eigenvalue weighted by atomic mass is 19.1. The standard InChI is InChI=1S/C10H10FNO/c11-9-2-1-7-6-10(13)12-4-3-8(7)5-9/h1-2,5H,3-4,6H2,(H,12,13). The summed E-state index contributed by atoms with van der Waals surface area (Å²) in [6.07, 6.45) is 1.09. The predicted molar refractivity (Wildman–Crippen MR) is 46.8 cm³/mol. The summed E-state index contributed by atoms with van der Waals surface area (Å²) in [5.74, 6) is -0.210. The van der Waals surface area contributed by atoms with Crippen molar-refractivity contribution in [2.24, 2.45) is 0 Å². The van der Waals surface area contributed by atoms with Gasteiger partial charge in [0.25, 0.3) is 0 Å². The van der Waals surface area contributed by atoms with E-state index in [1.54, 1.807) is 6.07 Å². The molecule has 13 heavy (non-hydrogen) atoms. The maximum absolute atomic E-state index is 12.8. The first-order valence-corrected chi connectivity index (χ1v) is 4.30. The third-order valence-electron chi connectivity index (χ3n) is 2.24. The van der Waals surface area contributed by atoms with Crippen LogP contribution in [0.2, 0.25) is 0 Å². The van der Waals surface area contributed by atoms with Crippen LogP contribution in [-0.4, -0.2) is 12.5 Å². The molecule has 3 heteroatoms. The van der Waals surface area contributed by atoms with Crippen molar-refractivity contribution < 1.29 is 9.18 Å². The summed E-state index contributed by atoms with van der Waals surface area (Å²) in [6.45, 7) is 0.606. The largest absolute Gasteiger partial charge is 0.355 e. The maximum atomic E-state index is 12.8. The number of amides is 1. The van der Waals surface area contributed by atoms with Gasteiger partial charge >= 0.3 is 0 Å². The van der Waals surface area contributed by atoms with Crippen LogP contribution in [0.5, 0.6) is 0 Å². The highest BCUT2D eigenvalue weighted by Crippen LogP contribution is 2.14. The van der Waals surface area contributed by atoms with Gasteiger partial charge in [0.15, 0.2) is 0 Å². The molecule has 2 nitrogen and oxygen atoms in total. The summed E-state index contributed by atoms with van der Waals surface area (Å²) in [5, 5.41) is 2.75. The minimum atomic E-state index is -0.229. The summed E-state index contributed by atoms with van der Waals surface area (Å²) in [5.41, 5.74) is 1.88. The zero-order chi connectivity index (χ0) is 9.26. The van der Waals surface area contributed by atoms with Gasteiger partial charge in [0.2, 0.25) is 5.91 Å².